The Labute approximate surface area is 199 Å². The summed E-state index contributed by atoms with van der Waals surface area (Å²) < 4.78 is 0. The molecule has 0 atom stereocenters. The van der Waals surface area contributed by atoms with Gasteiger partial charge in [0.1, 0.15) is 5.82 Å². The van der Waals surface area contributed by atoms with E-state index in [4.69, 9.17) is 15.7 Å². The standard InChI is InChI=1S/C27H29N5S/c28-15-19-1-3-22(4-2-19)26-27(23-7-5-21(6-8-23)24-11-14-33-18-24)32-25(17-31-26)30-16-20-9-12-29-13-10-20/h1-8,11,14,17-18,20,29H,9-10,12-13,15-16,28H2,(H,30,32). The van der Waals surface area contributed by atoms with Gasteiger partial charge in [0.25, 0.3) is 0 Å². The first-order chi connectivity index (χ1) is 16.3. The van der Waals surface area contributed by atoms with Crippen molar-refractivity contribution in [3.05, 3.63) is 77.1 Å². The van der Waals surface area contributed by atoms with E-state index in [1.54, 1.807) is 11.3 Å². The number of nitrogens with two attached hydrogens (primary N) is 1. The largest absolute Gasteiger partial charge is 0.368 e. The smallest absolute Gasteiger partial charge is 0.145 e. The molecule has 0 spiro atoms. The lowest BCUT2D eigenvalue weighted by atomic mass is 9.98. The fourth-order valence-corrected chi connectivity index (χ4v) is 4.93. The predicted molar refractivity (Wildman–Crippen MR) is 138 cm³/mol. The summed E-state index contributed by atoms with van der Waals surface area (Å²) in [6, 6.07) is 19.0. The summed E-state index contributed by atoms with van der Waals surface area (Å²) in [4.78, 5) is 9.88. The van der Waals surface area contributed by atoms with Gasteiger partial charge in [0.15, 0.2) is 0 Å². The first-order valence-electron chi connectivity index (χ1n) is 11.5. The van der Waals surface area contributed by atoms with Crippen LogP contribution in [0.3, 0.4) is 0 Å². The molecule has 0 aliphatic carbocycles. The molecule has 4 aromatic rings. The van der Waals surface area contributed by atoms with Crippen LogP contribution >= 0.6 is 11.3 Å². The van der Waals surface area contributed by atoms with Gasteiger partial charge in [-0.1, -0.05) is 48.5 Å². The van der Waals surface area contributed by atoms with Gasteiger partial charge in [0.05, 0.1) is 17.6 Å². The quantitative estimate of drug-likeness (QED) is 0.347. The Morgan fingerprint density at radius 2 is 1.58 bits per heavy atom. The maximum atomic E-state index is 5.79. The molecule has 6 heteroatoms. The summed E-state index contributed by atoms with van der Waals surface area (Å²) in [6.45, 7) is 3.65. The number of piperidine rings is 1. The lowest BCUT2D eigenvalue weighted by Crippen LogP contribution is -2.31. The van der Waals surface area contributed by atoms with Crippen LogP contribution in [0.2, 0.25) is 0 Å². The van der Waals surface area contributed by atoms with E-state index < -0.39 is 0 Å². The zero-order valence-electron chi connectivity index (χ0n) is 18.6. The van der Waals surface area contributed by atoms with Gasteiger partial charge in [-0.2, -0.15) is 11.3 Å². The molecule has 0 amide bonds. The third-order valence-corrected chi connectivity index (χ3v) is 6.96. The number of nitrogens with one attached hydrogen (secondary N) is 2. The Bertz CT molecular complexity index is 1160. The Morgan fingerprint density at radius 3 is 2.27 bits per heavy atom. The maximum absolute atomic E-state index is 5.79. The first kappa shape index (κ1) is 21.8. The fraction of sp³-hybridized carbons (Fsp3) is 0.259. The number of hydrogen-bond donors (Lipinski definition) is 3. The second-order valence-corrected chi connectivity index (χ2v) is 9.30. The van der Waals surface area contributed by atoms with E-state index in [-0.39, 0.29) is 0 Å². The highest BCUT2D eigenvalue weighted by atomic mass is 32.1. The Morgan fingerprint density at radius 1 is 0.879 bits per heavy atom. The molecule has 0 saturated carbocycles. The average Bonchev–Trinajstić information content (AvgIpc) is 3.43. The van der Waals surface area contributed by atoms with Gasteiger partial charge in [-0.15, -0.1) is 0 Å². The van der Waals surface area contributed by atoms with Crippen molar-refractivity contribution in [2.45, 2.75) is 19.4 Å². The normalized spacial score (nSPS) is 14.3. The number of anilines is 1. The van der Waals surface area contributed by atoms with E-state index in [0.717, 1.165) is 53.5 Å². The number of nitrogens with zero attached hydrogens (tertiary/aromatic N) is 2. The molecule has 1 aliphatic rings. The van der Waals surface area contributed by atoms with E-state index in [1.165, 1.54) is 24.0 Å². The van der Waals surface area contributed by atoms with Crippen molar-refractivity contribution in [2.24, 2.45) is 11.7 Å². The fourth-order valence-electron chi connectivity index (χ4n) is 4.27. The summed E-state index contributed by atoms with van der Waals surface area (Å²) in [7, 11) is 0. The third kappa shape index (κ3) is 5.14. The SMILES string of the molecule is NCc1ccc(-c2ncc(NCC3CCNCC3)nc2-c2ccc(-c3ccsc3)cc2)cc1. The molecule has 5 nitrogen and oxygen atoms in total. The summed E-state index contributed by atoms with van der Waals surface area (Å²) in [5.41, 5.74) is 13.2. The Kier molecular flexibility index (Phi) is 6.76. The van der Waals surface area contributed by atoms with E-state index in [1.807, 2.05) is 6.20 Å². The zero-order valence-corrected chi connectivity index (χ0v) is 19.4. The summed E-state index contributed by atoms with van der Waals surface area (Å²) in [6.07, 6.45) is 4.25. The molecule has 1 aliphatic heterocycles. The highest BCUT2D eigenvalue weighted by Crippen LogP contribution is 2.32. The Hall–Kier alpha value is -3.06. The van der Waals surface area contributed by atoms with Crippen molar-refractivity contribution >= 4 is 17.2 Å². The van der Waals surface area contributed by atoms with Gasteiger partial charge >= 0.3 is 0 Å². The van der Waals surface area contributed by atoms with Crippen molar-refractivity contribution in [3.63, 3.8) is 0 Å². The molecule has 2 aromatic carbocycles. The van der Waals surface area contributed by atoms with Gasteiger partial charge in [-0.05, 0) is 65.4 Å². The van der Waals surface area contributed by atoms with E-state index in [0.29, 0.717) is 12.5 Å². The van der Waals surface area contributed by atoms with Crippen molar-refractivity contribution in [3.8, 4) is 33.6 Å². The summed E-state index contributed by atoms with van der Waals surface area (Å²) in [5.74, 6) is 1.50. The van der Waals surface area contributed by atoms with Crippen LogP contribution in [0.25, 0.3) is 33.6 Å². The van der Waals surface area contributed by atoms with Crippen LogP contribution in [0.5, 0.6) is 0 Å². The molecule has 1 fully saturated rings. The highest BCUT2D eigenvalue weighted by molar-refractivity contribution is 7.08. The van der Waals surface area contributed by atoms with E-state index >= 15 is 0 Å². The molecule has 3 heterocycles. The summed E-state index contributed by atoms with van der Waals surface area (Å²) >= 11 is 1.71. The number of benzene rings is 2. The van der Waals surface area contributed by atoms with Crippen LogP contribution in [0.15, 0.2) is 71.6 Å². The minimum atomic E-state index is 0.530. The second-order valence-electron chi connectivity index (χ2n) is 8.52. The van der Waals surface area contributed by atoms with Crippen molar-refractivity contribution < 1.29 is 0 Å². The van der Waals surface area contributed by atoms with Gasteiger partial charge < -0.3 is 16.4 Å². The summed E-state index contributed by atoms with van der Waals surface area (Å²) in [5, 5.41) is 11.2. The molecule has 1 saturated heterocycles. The molecule has 0 bridgehead atoms. The van der Waals surface area contributed by atoms with Crippen LogP contribution in [0.1, 0.15) is 18.4 Å². The molecule has 4 N–H and O–H groups in total. The highest BCUT2D eigenvalue weighted by Gasteiger charge is 2.16. The number of hydrogen-bond acceptors (Lipinski definition) is 6. The van der Waals surface area contributed by atoms with Crippen molar-refractivity contribution in [2.75, 3.05) is 25.0 Å². The predicted octanol–water partition coefficient (Wildman–Crippen LogP) is 5.41. The minimum Gasteiger partial charge on any atom is -0.368 e. The van der Waals surface area contributed by atoms with E-state index in [9.17, 15) is 0 Å². The van der Waals surface area contributed by atoms with Crippen molar-refractivity contribution in [1.29, 1.82) is 0 Å². The second kappa shape index (κ2) is 10.3. The average molecular weight is 456 g/mol. The van der Waals surface area contributed by atoms with Gasteiger partial charge in [-0.25, -0.2) is 4.98 Å². The third-order valence-electron chi connectivity index (χ3n) is 6.28. The molecular formula is C27H29N5S. The van der Waals surface area contributed by atoms with Crippen molar-refractivity contribution in [1.82, 2.24) is 15.3 Å². The zero-order chi connectivity index (χ0) is 22.5. The molecule has 2 aromatic heterocycles. The number of thiophene rings is 1. The molecule has 168 valence electrons. The number of aromatic nitrogens is 2. The molecular weight excluding hydrogens is 426 g/mol. The Balaban J connectivity index is 1.47. The molecule has 0 unspecified atom stereocenters. The molecule has 5 rings (SSSR count). The first-order valence-corrected chi connectivity index (χ1v) is 12.5. The van der Waals surface area contributed by atoms with Crippen LogP contribution < -0.4 is 16.4 Å². The lowest BCUT2D eigenvalue weighted by Gasteiger charge is -2.23. The van der Waals surface area contributed by atoms with Crippen LogP contribution in [0, 0.1) is 5.92 Å². The molecule has 33 heavy (non-hydrogen) atoms. The topological polar surface area (TPSA) is 75.9 Å². The van der Waals surface area contributed by atoms with Crippen LogP contribution in [-0.2, 0) is 6.54 Å². The van der Waals surface area contributed by atoms with Gasteiger partial charge in [-0.3, -0.25) is 4.98 Å². The molecule has 0 radical (unpaired) electrons. The number of rotatable bonds is 7. The lowest BCUT2D eigenvalue weighted by molar-refractivity contribution is 0.389. The van der Waals surface area contributed by atoms with Gasteiger partial charge in [0.2, 0.25) is 0 Å². The minimum absolute atomic E-state index is 0.530. The van der Waals surface area contributed by atoms with Crippen LogP contribution in [0.4, 0.5) is 5.82 Å². The van der Waals surface area contributed by atoms with Gasteiger partial charge in [0, 0.05) is 24.2 Å². The monoisotopic (exact) mass is 455 g/mol. The maximum Gasteiger partial charge on any atom is 0.145 e. The van der Waals surface area contributed by atoms with Crippen LogP contribution in [-0.4, -0.2) is 29.6 Å². The van der Waals surface area contributed by atoms with E-state index in [2.05, 4.69) is 76.0 Å².